The Hall–Kier alpha value is -2.39. The smallest absolute Gasteiger partial charge is 0.150 e. The number of rotatable bonds is 2. The molecule has 0 bridgehead atoms. The first-order valence-corrected chi connectivity index (χ1v) is 3.88. The predicted molar refractivity (Wildman–Crippen MR) is 51.0 cm³/mol. The molecule has 14 heavy (non-hydrogen) atoms. The summed E-state index contributed by atoms with van der Waals surface area (Å²) in [5.74, 6) is 0. The van der Waals surface area contributed by atoms with Crippen molar-refractivity contribution in [3.8, 4) is 12.1 Å². The molecule has 0 fully saturated rings. The van der Waals surface area contributed by atoms with E-state index >= 15 is 0 Å². The zero-order chi connectivity index (χ0) is 10.4. The molecule has 3 nitrogen and oxygen atoms in total. The van der Waals surface area contributed by atoms with Gasteiger partial charge in [-0.2, -0.15) is 10.5 Å². The van der Waals surface area contributed by atoms with Crippen LogP contribution < -0.4 is 0 Å². The number of hydrogen-bond acceptors (Lipinski definition) is 3. The summed E-state index contributed by atoms with van der Waals surface area (Å²) in [6.07, 6.45) is 2.09. The van der Waals surface area contributed by atoms with Gasteiger partial charge in [0.1, 0.15) is 17.7 Å². The molecule has 0 N–H and O–H groups in total. The largest absolute Gasteiger partial charge is 0.298 e. The first-order valence-electron chi connectivity index (χ1n) is 3.88. The lowest BCUT2D eigenvalue weighted by molar-refractivity contribution is 0.112. The fourth-order valence-corrected chi connectivity index (χ4v) is 0.995. The molecular formula is C11H6N2O. The van der Waals surface area contributed by atoms with E-state index in [9.17, 15) is 4.79 Å². The minimum atomic E-state index is -0.0145. The van der Waals surface area contributed by atoms with E-state index in [0.717, 1.165) is 0 Å². The van der Waals surface area contributed by atoms with Crippen LogP contribution in [0.2, 0.25) is 0 Å². The van der Waals surface area contributed by atoms with Crippen LogP contribution in [0.1, 0.15) is 15.9 Å². The van der Waals surface area contributed by atoms with Crippen LogP contribution in [-0.2, 0) is 0 Å². The van der Waals surface area contributed by atoms with Crippen molar-refractivity contribution in [1.82, 2.24) is 0 Å². The zero-order valence-corrected chi connectivity index (χ0v) is 7.27. The molecule has 0 radical (unpaired) electrons. The van der Waals surface area contributed by atoms with Gasteiger partial charge >= 0.3 is 0 Å². The third kappa shape index (κ3) is 2.06. The minimum Gasteiger partial charge on any atom is -0.298 e. The molecule has 0 saturated heterocycles. The van der Waals surface area contributed by atoms with Gasteiger partial charge < -0.3 is 0 Å². The van der Waals surface area contributed by atoms with Crippen LogP contribution in [-0.4, -0.2) is 6.29 Å². The van der Waals surface area contributed by atoms with E-state index in [1.165, 1.54) is 6.08 Å². The second-order valence-electron chi connectivity index (χ2n) is 2.53. The number of aldehydes is 1. The Morgan fingerprint density at radius 3 is 2.21 bits per heavy atom. The Bertz CT molecular complexity index is 445. The van der Waals surface area contributed by atoms with Crippen molar-refractivity contribution in [1.29, 1.82) is 10.5 Å². The number of carbonyl (C=O) groups excluding carboxylic acids is 1. The number of allylic oxidation sites excluding steroid dienone is 1. The highest BCUT2D eigenvalue weighted by atomic mass is 16.1. The Balaban J connectivity index is 3.22. The number of nitriles is 2. The van der Waals surface area contributed by atoms with Gasteiger partial charge in [0.2, 0.25) is 0 Å². The molecule has 0 spiro atoms. The highest BCUT2D eigenvalue weighted by molar-refractivity contribution is 5.83. The third-order valence-electron chi connectivity index (χ3n) is 1.66. The SMILES string of the molecule is N#CC(C#N)=Cc1ccccc1C=O. The first-order chi connectivity index (χ1) is 6.81. The van der Waals surface area contributed by atoms with Gasteiger partial charge in [0.25, 0.3) is 0 Å². The standard InChI is InChI=1S/C11H6N2O/c12-6-9(7-13)5-10-3-1-2-4-11(10)8-14/h1-5,8H. The van der Waals surface area contributed by atoms with Crippen molar-refractivity contribution >= 4 is 12.4 Å². The average molecular weight is 182 g/mol. The molecule has 1 aromatic carbocycles. The van der Waals surface area contributed by atoms with Gasteiger partial charge in [0, 0.05) is 5.56 Å². The molecule has 0 heterocycles. The van der Waals surface area contributed by atoms with E-state index in [2.05, 4.69) is 0 Å². The highest BCUT2D eigenvalue weighted by Crippen LogP contribution is 2.10. The van der Waals surface area contributed by atoms with Gasteiger partial charge in [-0.15, -0.1) is 0 Å². The van der Waals surface area contributed by atoms with E-state index in [0.29, 0.717) is 17.4 Å². The lowest BCUT2D eigenvalue weighted by Crippen LogP contribution is -1.85. The maximum atomic E-state index is 10.6. The molecule has 66 valence electrons. The van der Waals surface area contributed by atoms with Crippen molar-refractivity contribution in [2.24, 2.45) is 0 Å². The molecule has 0 saturated carbocycles. The second kappa shape index (κ2) is 4.59. The Morgan fingerprint density at radius 1 is 1.14 bits per heavy atom. The molecule has 0 aliphatic rings. The van der Waals surface area contributed by atoms with Gasteiger partial charge in [-0.3, -0.25) is 4.79 Å². The zero-order valence-electron chi connectivity index (χ0n) is 7.27. The summed E-state index contributed by atoms with van der Waals surface area (Å²) in [5, 5.41) is 17.0. The maximum Gasteiger partial charge on any atom is 0.150 e. The van der Waals surface area contributed by atoms with Crippen LogP contribution in [0.25, 0.3) is 6.08 Å². The maximum absolute atomic E-state index is 10.6. The summed E-state index contributed by atoms with van der Waals surface area (Å²) in [6.45, 7) is 0. The quantitative estimate of drug-likeness (QED) is 0.518. The predicted octanol–water partition coefficient (Wildman–Crippen LogP) is 1.93. The van der Waals surface area contributed by atoms with Crippen LogP contribution >= 0.6 is 0 Å². The van der Waals surface area contributed by atoms with Gasteiger partial charge in [-0.1, -0.05) is 24.3 Å². The second-order valence-corrected chi connectivity index (χ2v) is 2.53. The fourth-order valence-electron chi connectivity index (χ4n) is 0.995. The Kier molecular flexibility index (Phi) is 3.18. The van der Waals surface area contributed by atoms with Gasteiger partial charge in [-0.25, -0.2) is 0 Å². The van der Waals surface area contributed by atoms with Gasteiger partial charge in [-0.05, 0) is 11.6 Å². The van der Waals surface area contributed by atoms with E-state index in [1.54, 1.807) is 36.4 Å². The molecule has 3 heteroatoms. The monoisotopic (exact) mass is 182 g/mol. The molecule has 0 aliphatic heterocycles. The molecule has 0 atom stereocenters. The van der Waals surface area contributed by atoms with Gasteiger partial charge in [0.15, 0.2) is 6.29 Å². The third-order valence-corrected chi connectivity index (χ3v) is 1.66. The average Bonchev–Trinajstić information content (AvgIpc) is 2.26. The molecule has 1 aromatic rings. The summed E-state index contributed by atoms with van der Waals surface area (Å²) in [6, 6.07) is 10.2. The fraction of sp³-hybridized carbons (Fsp3) is 0. The minimum absolute atomic E-state index is 0.0145. The summed E-state index contributed by atoms with van der Waals surface area (Å²) in [7, 11) is 0. The van der Waals surface area contributed by atoms with E-state index in [-0.39, 0.29) is 5.57 Å². The van der Waals surface area contributed by atoms with Crippen LogP contribution in [0, 0.1) is 22.7 Å². The lowest BCUT2D eigenvalue weighted by atomic mass is 10.1. The van der Waals surface area contributed by atoms with Gasteiger partial charge in [0.05, 0.1) is 0 Å². The van der Waals surface area contributed by atoms with E-state index in [1.807, 2.05) is 0 Å². The van der Waals surface area contributed by atoms with E-state index in [4.69, 9.17) is 10.5 Å². The summed E-state index contributed by atoms with van der Waals surface area (Å²) in [4.78, 5) is 10.6. The topological polar surface area (TPSA) is 64.7 Å². The number of hydrogen-bond donors (Lipinski definition) is 0. The first kappa shape index (κ1) is 9.70. The van der Waals surface area contributed by atoms with Crippen LogP contribution in [0.5, 0.6) is 0 Å². The van der Waals surface area contributed by atoms with Crippen molar-refractivity contribution in [2.45, 2.75) is 0 Å². The van der Waals surface area contributed by atoms with Crippen molar-refractivity contribution in [3.05, 3.63) is 41.0 Å². The van der Waals surface area contributed by atoms with E-state index < -0.39 is 0 Å². The molecule has 0 unspecified atom stereocenters. The number of benzene rings is 1. The van der Waals surface area contributed by atoms with Crippen molar-refractivity contribution in [2.75, 3.05) is 0 Å². The van der Waals surface area contributed by atoms with Crippen LogP contribution in [0.4, 0.5) is 0 Å². The Labute approximate surface area is 81.5 Å². The normalized spacial score (nSPS) is 8.14. The summed E-state index contributed by atoms with van der Waals surface area (Å²) >= 11 is 0. The van der Waals surface area contributed by atoms with Crippen LogP contribution in [0.15, 0.2) is 29.8 Å². The molecule has 0 amide bonds. The highest BCUT2D eigenvalue weighted by Gasteiger charge is 1.99. The Morgan fingerprint density at radius 2 is 1.71 bits per heavy atom. The lowest BCUT2D eigenvalue weighted by Gasteiger charge is -1.96. The summed E-state index contributed by atoms with van der Waals surface area (Å²) < 4.78 is 0. The molecule has 0 aliphatic carbocycles. The molecule has 1 rings (SSSR count). The number of nitrogens with zero attached hydrogens (tertiary/aromatic N) is 2. The van der Waals surface area contributed by atoms with Crippen LogP contribution in [0.3, 0.4) is 0 Å². The van der Waals surface area contributed by atoms with Crippen molar-refractivity contribution < 1.29 is 4.79 Å². The number of carbonyl (C=O) groups is 1. The van der Waals surface area contributed by atoms with Crippen molar-refractivity contribution in [3.63, 3.8) is 0 Å². The molecular weight excluding hydrogens is 176 g/mol. The summed E-state index contributed by atoms with van der Waals surface area (Å²) in [5.41, 5.74) is 1.04. The molecule has 0 aromatic heterocycles.